The molecule has 1 aromatic carbocycles. The fourth-order valence-electron chi connectivity index (χ4n) is 2.28. The zero-order valence-corrected chi connectivity index (χ0v) is 12.4. The Bertz CT molecular complexity index is 566. The molecule has 20 heavy (non-hydrogen) atoms. The number of aromatic hydroxyl groups is 1. The minimum absolute atomic E-state index is 0.0622. The third kappa shape index (κ3) is 3.62. The number of likely N-dealkylation sites (tertiary alicyclic amines) is 1. The number of benzene rings is 1. The van der Waals surface area contributed by atoms with E-state index in [0.717, 1.165) is 25.9 Å². The summed E-state index contributed by atoms with van der Waals surface area (Å²) < 4.78 is 26.9. The Labute approximate surface area is 119 Å². The molecule has 0 amide bonds. The highest BCUT2D eigenvalue weighted by Gasteiger charge is 2.20. The van der Waals surface area contributed by atoms with Gasteiger partial charge in [-0.2, -0.15) is 0 Å². The maximum Gasteiger partial charge on any atom is 0.240 e. The number of anilines is 1. The van der Waals surface area contributed by atoms with E-state index in [1.54, 1.807) is 0 Å². The molecule has 0 aliphatic carbocycles. The lowest BCUT2D eigenvalue weighted by molar-refractivity contribution is 0.220. The van der Waals surface area contributed by atoms with Gasteiger partial charge in [0.25, 0.3) is 0 Å². The van der Waals surface area contributed by atoms with E-state index in [1.165, 1.54) is 18.2 Å². The lowest BCUT2D eigenvalue weighted by Gasteiger charge is -2.28. The quantitative estimate of drug-likeness (QED) is 0.559. The molecule has 0 unspecified atom stereocenters. The lowest BCUT2D eigenvalue weighted by atomic mass is 9.98. The van der Waals surface area contributed by atoms with Gasteiger partial charge in [-0.05, 0) is 57.1 Å². The van der Waals surface area contributed by atoms with Crippen LogP contribution in [0.1, 0.15) is 12.8 Å². The number of nitrogen functional groups attached to an aromatic ring is 1. The SMILES string of the molecule is CN1CCC(CNS(=O)(=O)c2ccc(O)c(N)c2)CC1. The number of piperidine rings is 1. The molecule has 1 aromatic rings. The molecule has 6 nitrogen and oxygen atoms in total. The number of sulfonamides is 1. The van der Waals surface area contributed by atoms with Crippen molar-refractivity contribution in [3.05, 3.63) is 18.2 Å². The molecule has 0 bridgehead atoms. The molecule has 1 saturated heterocycles. The van der Waals surface area contributed by atoms with E-state index in [0.29, 0.717) is 12.5 Å². The summed E-state index contributed by atoms with van der Waals surface area (Å²) in [6.07, 6.45) is 1.99. The van der Waals surface area contributed by atoms with Crippen LogP contribution in [0.5, 0.6) is 5.75 Å². The van der Waals surface area contributed by atoms with Crippen LogP contribution in [-0.4, -0.2) is 45.1 Å². The average molecular weight is 299 g/mol. The van der Waals surface area contributed by atoms with Crippen LogP contribution in [0.2, 0.25) is 0 Å². The van der Waals surface area contributed by atoms with Gasteiger partial charge in [-0.15, -0.1) is 0 Å². The van der Waals surface area contributed by atoms with Crippen molar-refractivity contribution in [2.45, 2.75) is 17.7 Å². The predicted octanol–water partition coefficient (Wildman–Crippen LogP) is 0.595. The molecule has 4 N–H and O–H groups in total. The maximum atomic E-state index is 12.1. The molecule has 0 saturated carbocycles. The van der Waals surface area contributed by atoms with E-state index < -0.39 is 10.0 Å². The second kappa shape index (κ2) is 5.99. The molecular formula is C13H21N3O3S. The Morgan fingerprint density at radius 1 is 1.40 bits per heavy atom. The zero-order chi connectivity index (χ0) is 14.8. The first-order valence-electron chi connectivity index (χ1n) is 6.65. The van der Waals surface area contributed by atoms with Gasteiger partial charge in [0.2, 0.25) is 10.0 Å². The average Bonchev–Trinajstić information content (AvgIpc) is 2.41. The summed E-state index contributed by atoms with van der Waals surface area (Å²) in [4.78, 5) is 2.33. The number of phenols is 1. The van der Waals surface area contributed by atoms with Gasteiger partial charge in [0, 0.05) is 6.54 Å². The van der Waals surface area contributed by atoms with Gasteiger partial charge in [0.15, 0.2) is 0 Å². The van der Waals surface area contributed by atoms with E-state index in [4.69, 9.17) is 5.73 Å². The number of phenolic OH excluding ortho intramolecular Hbond substituents is 1. The van der Waals surface area contributed by atoms with Crippen LogP contribution in [0.15, 0.2) is 23.1 Å². The van der Waals surface area contributed by atoms with Crippen molar-refractivity contribution in [3.8, 4) is 5.75 Å². The Balaban J connectivity index is 1.98. The van der Waals surface area contributed by atoms with Crippen molar-refractivity contribution in [2.75, 3.05) is 32.4 Å². The van der Waals surface area contributed by atoms with Crippen LogP contribution < -0.4 is 10.5 Å². The Kier molecular flexibility index (Phi) is 4.52. The van der Waals surface area contributed by atoms with Crippen LogP contribution in [0, 0.1) is 5.92 Å². The first-order valence-corrected chi connectivity index (χ1v) is 8.13. The molecule has 0 spiro atoms. The number of rotatable bonds is 4. The summed E-state index contributed by atoms with van der Waals surface area (Å²) in [5, 5.41) is 9.32. The minimum atomic E-state index is -3.57. The lowest BCUT2D eigenvalue weighted by Crippen LogP contribution is -2.36. The molecule has 1 aliphatic rings. The number of nitrogens with one attached hydrogen (secondary N) is 1. The standard InChI is InChI=1S/C13H21N3O3S/c1-16-6-4-10(5-7-16)9-15-20(18,19)11-2-3-13(17)12(14)8-11/h2-3,8,10,15,17H,4-7,9,14H2,1H3. The first kappa shape index (κ1) is 15.1. The highest BCUT2D eigenvalue weighted by molar-refractivity contribution is 7.89. The predicted molar refractivity (Wildman–Crippen MR) is 77.9 cm³/mol. The first-order chi connectivity index (χ1) is 9.38. The van der Waals surface area contributed by atoms with Crippen molar-refractivity contribution in [2.24, 2.45) is 5.92 Å². The van der Waals surface area contributed by atoms with Crippen molar-refractivity contribution in [1.29, 1.82) is 0 Å². The molecule has 7 heteroatoms. The van der Waals surface area contributed by atoms with E-state index in [-0.39, 0.29) is 16.3 Å². The molecular weight excluding hydrogens is 278 g/mol. The molecule has 0 radical (unpaired) electrons. The highest BCUT2D eigenvalue weighted by atomic mass is 32.2. The highest BCUT2D eigenvalue weighted by Crippen LogP contribution is 2.23. The smallest absolute Gasteiger partial charge is 0.240 e. The topological polar surface area (TPSA) is 95.7 Å². The minimum Gasteiger partial charge on any atom is -0.506 e. The molecule has 1 fully saturated rings. The van der Waals surface area contributed by atoms with Crippen LogP contribution in [-0.2, 0) is 10.0 Å². The van der Waals surface area contributed by atoms with Crippen molar-refractivity contribution < 1.29 is 13.5 Å². The second-order valence-corrected chi connectivity index (χ2v) is 7.09. The third-order valence-electron chi connectivity index (χ3n) is 3.71. The number of nitrogens with zero attached hydrogens (tertiary/aromatic N) is 1. The number of nitrogens with two attached hydrogens (primary N) is 1. The zero-order valence-electron chi connectivity index (χ0n) is 11.5. The van der Waals surface area contributed by atoms with Crippen LogP contribution in [0.4, 0.5) is 5.69 Å². The Morgan fingerprint density at radius 3 is 2.65 bits per heavy atom. The summed E-state index contributed by atoms with van der Waals surface area (Å²) in [6, 6.07) is 3.91. The van der Waals surface area contributed by atoms with E-state index in [9.17, 15) is 13.5 Å². The largest absolute Gasteiger partial charge is 0.506 e. The van der Waals surface area contributed by atoms with E-state index in [1.807, 2.05) is 0 Å². The van der Waals surface area contributed by atoms with Gasteiger partial charge in [-0.1, -0.05) is 0 Å². The van der Waals surface area contributed by atoms with Gasteiger partial charge in [-0.3, -0.25) is 0 Å². The van der Waals surface area contributed by atoms with Gasteiger partial charge in [-0.25, -0.2) is 13.1 Å². The van der Waals surface area contributed by atoms with Gasteiger partial charge in [0.05, 0.1) is 10.6 Å². The molecule has 1 aliphatic heterocycles. The second-order valence-electron chi connectivity index (χ2n) is 5.32. The Hall–Kier alpha value is -1.31. The van der Waals surface area contributed by atoms with E-state index in [2.05, 4.69) is 16.7 Å². The summed E-state index contributed by atoms with van der Waals surface area (Å²) >= 11 is 0. The molecule has 0 aromatic heterocycles. The molecule has 1 heterocycles. The Morgan fingerprint density at radius 2 is 2.05 bits per heavy atom. The van der Waals surface area contributed by atoms with Gasteiger partial charge in [0.1, 0.15) is 5.75 Å². The van der Waals surface area contributed by atoms with E-state index >= 15 is 0 Å². The number of hydrogen-bond donors (Lipinski definition) is 3. The fraction of sp³-hybridized carbons (Fsp3) is 0.538. The van der Waals surface area contributed by atoms with Crippen LogP contribution in [0.25, 0.3) is 0 Å². The van der Waals surface area contributed by atoms with Crippen LogP contribution in [0.3, 0.4) is 0 Å². The summed E-state index contributed by atoms with van der Waals surface area (Å²) in [7, 11) is -1.50. The monoisotopic (exact) mass is 299 g/mol. The number of hydrogen-bond acceptors (Lipinski definition) is 5. The van der Waals surface area contributed by atoms with Crippen molar-refractivity contribution in [1.82, 2.24) is 9.62 Å². The molecule has 0 atom stereocenters. The molecule has 112 valence electrons. The van der Waals surface area contributed by atoms with Crippen molar-refractivity contribution >= 4 is 15.7 Å². The van der Waals surface area contributed by atoms with Crippen molar-refractivity contribution in [3.63, 3.8) is 0 Å². The van der Waals surface area contributed by atoms with Gasteiger partial charge < -0.3 is 15.7 Å². The molecule has 2 rings (SSSR count). The van der Waals surface area contributed by atoms with Crippen LogP contribution >= 0.6 is 0 Å². The maximum absolute atomic E-state index is 12.1. The third-order valence-corrected chi connectivity index (χ3v) is 5.13. The summed E-state index contributed by atoms with van der Waals surface area (Å²) in [6.45, 7) is 2.44. The summed E-state index contributed by atoms with van der Waals surface area (Å²) in [5.74, 6) is 0.259. The van der Waals surface area contributed by atoms with Gasteiger partial charge >= 0.3 is 0 Å². The summed E-state index contributed by atoms with van der Waals surface area (Å²) in [5.41, 5.74) is 5.59. The fourth-order valence-corrected chi connectivity index (χ4v) is 3.43. The normalized spacial score (nSPS) is 18.2.